The maximum absolute atomic E-state index is 12.3. The maximum atomic E-state index is 12.3. The number of H-pyrrole nitrogens is 1. The Morgan fingerprint density at radius 3 is 2.62 bits per heavy atom. The van der Waals surface area contributed by atoms with Crippen LogP contribution < -0.4 is 16.6 Å². The SMILES string of the molecule is O=C(NC[C@@H]1[C@H](O)[C@@H](CO)O[C@H]1n1ccc(=O)[nH]c1=O)C(F)(F)F. The molecule has 2 heterocycles. The lowest BCUT2D eigenvalue weighted by Gasteiger charge is -2.22. The molecule has 1 fully saturated rings. The highest BCUT2D eigenvalue weighted by molar-refractivity contribution is 5.81. The van der Waals surface area contributed by atoms with E-state index in [1.54, 1.807) is 5.32 Å². The average molecular weight is 353 g/mol. The van der Waals surface area contributed by atoms with Crippen molar-refractivity contribution in [2.45, 2.75) is 24.6 Å². The summed E-state index contributed by atoms with van der Waals surface area (Å²) in [6.07, 6.45) is -7.95. The first-order chi connectivity index (χ1) is 11.1. The number of rotatable bonds is 4. The first kappa shape index (κ1) is 18.2. The van der Waals surface area contributed by atoms with Gasteiger partial charge in [-0.3, -0.25) is 19.1 Å². The second-order valence-electron chi connectivity index (χ2n) is 5.13. The zero-order chi connectivity index (χ0) is 18.1. The Morgan fingerprint density at radius 1 is 1.42 bits per heavy atom. The monoisotopic (exact) mass is 353 g/mol. The molecule has 0 saturated carbocycles. The molecule has 0 aromatic carbocycles. The topological polar surface area (TPSA) is 134 Å². The van der Waals surface area contributed by atoms with E-state index in [2.05, 4.69) is 0 Å². The van der Waals surface area contributed by atoms with Gasteiger partial charge in [-0.15, -0.1) is 0 Å². The maximum Gasteiger partial charge on any atom is 0.471 e. The highest BCUT2D eigenvalue weighted by Gasteiger charge is 2.46. The predicted octanol–water partition coefficient (Wildman–Crippen LogP) is -1.92. The van der Waals surface area contributed by atoms with Crippen molar-refractivity contribution in [3.8, 4) is 0 Å². The fraction of sp³-hybridized carbons (Fsp3) is 0.583. The average Bonchev–Trinajstić information content (AvgIpc) is 2.80. The van der Waals surface area contributed by atoms with Crippen molar-refractivity contribution in [1.29, 1.82) is 0 Å². The van der Waals surface area contributed by atoms with Gasteiger partial charge in [0, 0.05) is 18.8 Å². The van der Waals surface area contributed by atoms with Crippen molar-refractivity contribution in [3.05, 3.63) is 33.1 Å². The van der Waals surface area contributed by atoms with Crippen LogP contribution in [0, 0.1) is 5.92 Å². The molecule has 24 heavy (non-hydrogen) atoms. The highest BCUT2D eigenvalue weighted by Crippen LogP contribution is 2.33. The molecular formula is C12H14F3N3O6. The lowest BCUT2D eigenvalue weighted by molar-refractivity contribution is -0.174. The molecule has 1 aromatic heterocycles. The summed E-state index contributed by atoms with van der Waals surface area (Å²) in [6, 6.07) is 0.981. The number of hydrogen-bond acceptors (Lipinski definition) is 6. The highest BCUT2D eigenvalue weighted by atomic mass is 19.4. The van der Waals surface area contributed by atoms with Gasteiger partial charge in [0.15, 0.2) is 0 Å². The Kier molecular flexibility index (Phi) is 5.11. The number of nitrogens with zero attached hydrogens (tertiary/aromatic N) is 1. The van der Waals surface area contributed by atoms with Gasteiger partial charge in [0.05, 0.1) is 18.6 Å². The van der Waals surface area contributed by atoms with Crippen molar-refractivity contribution < 1.29 is 32.9 Å². The number of carbonyl (C=O) groups excluding carboxylic acids is 1. The van der Waals surface area contributed by atoms with E-state index in [1.165, 1.54) is 0 Å². The molecule has 1 aromatic rings. The van der Waals surface area contributed by atoms with E-state index in [0.29, 0.717) is 0 Å². The number of amides is 1. The van der Waals surface area contributed by atoms with Gasteiger partial charge in [0.25, 0.3) is 5.56 Å². The van der Waals surface area contributed by atoms with Crippen LogP contribution in [0.4, 0.5) is 13.2 Å². The van der Waals surface area contributed by atoms with Gasteiger partial charge in [0.2, 0.25) is 0 Å². The summed E-state index contributed by atoms with van der Waals surface area (Å²) in [4.78, 5) is 35.7. The molecule has 4 atom stereocenters. The van der Waals surface area contributed by atoms with Crippen LogP contribution in [0.25, 0.3) is 0 Å². The van der Waals surface area contributed by atoms with Crippen LogP contribution in [0.1, 0.15) is 6.23 Å². The summed E-state index contributed by atoms with van der Waals surface area (Å²) >= 11 is 0. The molecule has 2 rings (SSSR count). The van der Waals surface area contributed by atoms with E-state index in [-0.39, 0.29) is 0 Å². The van der Waals surface area contributed by atoms with Gasteiger partial charge >= 0.3 is 17.8 Å². The standard InChI is InChI=1S/C12H14F3N3O6/c13-12(14,15)10(22)16-3-5-8(21)6(4-19)24-9(5)18-2-1-7(20)17-11(18)23/h1-2,5-6,8-9,19,21H,3-4H2,(H,16,22)(H,17,20,23)/t5-,6-,8+,9-/m1/s1. The Hall–Kier alpha value is -2.18. The minimum atomic E-state index is -5.11. The molecule has 0 aliphatic carbocycles. The number of alkyl halides is 3. The van der Waals surface area contributed by atoms with Crippen LogP contribution in [0.3, 0.4) is 0 Å². The number of nitrogens with one attached hydrogen (secondary N) is 2. The quantitative estimate of drug-likeness (QED) is 0.499. The van der Waals surface area contributed by atoms with Crippen molar-refractivity contribution in [3.63, 3.8) is 0 Å². The molecule has 4 N–H and O–H groups in total. The molecule has 134 valence electrons. The molecule has 9 nitrogen and oxygen atoms in total. The summed E-state index contributed by atoms with van der Waals surface area (Å²) in [5, 5.41) is 20.8. The van der Waals surface area contributed by atoms with Crippen molar-refractivity contribution in [1.82, 2.24) is 14.9 Å². The second-order valence-corrected chi connectivity index (χ2v) is 5.13. The third-order valence-corrected chi connectivity index (χ3v) is 3.56. The summed E-state index contributed by atoms with van der Waals surface area (Å²) in [5.41, 5.74) is -1.61. The minimum absolute atomic E-state index is 0.653. The fourth-order valence-electron chi connectivity index (χ4n) is 2.39. The number of aromatic amines is 1. The number of aliphatic hydroxyl groups is 2. The van der Waals surface area contributed by atoms with Gasteiger partial charge in [-0.05, 0) is 0 Å². The fourth-order valence-corrected chi connectivity index (χ4v) is 2.39. The number of halogens is 3. The number of carbonyl (C=O) groups is 1. The van der Waals surface area contributed by atoms with E-state index in [4.69, 9.17) is 9.84 Å². The number of aromatic nitrogens is 2. The first-order valence-electron chi connectivity index (χ1n) is 6.76. The van der Waals surface area contributed by atoms with Crippen molar-refractivity contribution in [2.24, 2.45) is 5.92 Å². The lowest BCUT2D eigenvalue weighted by atomic mass is 9.99. The zero-order valence-corrected chi connectivity index (χ0v) is 12.0. The summed E-state index contributed by atoms with van der Waals surface area (Å²) in [5.74, 6) is -3.37. The molecule has 1 saturated heterocycles. The number of aliphatic hydroxyl groups excluding tert-OH is 2. The van der Waals surface area contributed by atoms with Crippen molar-refractivity contribution in [2.75, 3.05) is 13.2 Å². The largest absolute Gasteiger partial charge is 0.471 e. The van der Waals surface area contributed by atoms with Crippen molar-refractivity contribution >= 4 is 5.91 Å². The molecule has 1 amide bonds. The molecule has 1 aliphatic heterocycles. The number of hydrogen-bond donors (Lipinski definition) is 4. The van der Waals surface area contributed by atoms with Crippen LogP contribution in [-0.2, 0) is 9.53 Å². The van der Waals surface area contributed by atoms with E-state index in [1.807, 2.05) is 4.98 Å². The van der Waals surface area contributed by atoms with Crippen LogP contribution >= 0.6 is 0 Å². The van der Waals surface area contributed by atoms with Gasteiger partial charge in [-0.2, -0.15) is 13.2 Å². The second kappa shape index (κ2) is 6.75. The Balaban J connectivity index is 2.25. The lowest BCUT2D eigenvalue weighted by Crippen LogP contribution is -2.44. The van der Waals surface area contributed by atoms with Crippen LogP contribution in [0.15, 0.2) is 21.9 Å². The minimum Gasteiger partial charge on any atom is -0.394 e. The van der Waals surface area contributed by atoms with Crippen LogP contribution in [-0.4, -0.2) is 57.2 Å². The first-order valence-corrected chi connectivity index (χ1v) is 6.76. The van der Waals surface area contributed by atoms with Gasteiger partial charge in [0.1, 0.15) is 12.3 Å². The van der Waals surface area contributed by atoms with Crippen LogP contribution in [0.5, 0.6) is 0 Å². The smallest absolute Gasteiger partial charge is 0.394 e. The van der Waals surface area contributed by atoms with Crippen LogP contribution in [0.2, 0.25) is 0 Å². The Morgan fingerprint density at radius 2 is 2.08 bits per heavy atom. The molecule has 12 heteroatoms. The summed E-state index contributed by atoms with van der Waals surface area (Å²) < 4.78 is 42.9. The van der Waals surface area contributed by atoms with E-state index >= 15 is 0 Å². The number of ether oxygens (including phenoxy) is 1. The third kappa shape index (κ3) is 3.66. The normalized spacial score (nSPS) is 27.2. The molecule has 0 spiro atoms. The third-order valence-electron chi connectivity index (χ3n) is 3.56. The predicted molar refractivity (Wildman–Crippen MR) is 70.9 cm³/mol. The van der Waals surface area contributed by atoms with Gasteiger partial charge in [-0.1, -0.05) is 0 Å². The molecule has 0 bridgehead atoms. The zero-order valence-electron chi connectivity index (χ0n) is 12.0. The summed E-state index contributed by atoms with van der Waals surface area (Å²) in [6.45, 7) is -1.31. The van der Waals surface area contributed by atoms with Gasteiger partial charge in [-0.25, -0.2) is 4.79 Å². The van der Waals surface area contributed by atoms with E-state index < -0.39 is 60.8 Å². The van der Waals surface area contributed by atoms with Gasteiger partial charge < -0.3 is 20.3 Å². The van der Waals surface area contributed by atoms with E-state index in [9.17, 15) is 32.7 Å². The summed E-state index contributed by atoms with van der Waals surface area (Å²) in [7, 11) is 0. The molecule has 1 aliphatic rings. The molecular weight excluding hydrogens is 339 g/mol. The molecule has 0 unspecified atom stereocenters. The molecule has 0 radical (unpaired) electrons. The van der Waals surface area contributed by atoms with E-state index in [0.717, 1.165) is 16.8 Å². The Bertz CT molecular complexity index is 715. The Labute approximate surface area is 131 Å².